The summed E-state index contributed by atoms with van der Waals surface area (Å²) in [5, 5.41) is 0. The van der Waals surface area contributed by atoms with Gasteiger partial charge in [-0.1, -0.05) is 7.43 Å². The first kappa shape index (κ1) is 24.5. The molecule has 0 bridgehead atoms. The molecule has 0 saturated heterocycles. The van der Waals surface area contributed by atoms with Gasteiger partial charge >= 0.3 is 0 Å². The zero-order valence-electron chi connectivity index (χ0n) is 3.59. The first-order valence-electron chi connectivity index (χ1n) is 1.00. The van der Waals surface area contributed by atoms with E-state index in [2.05, 4.69) is 0 Å². The molecule has 1 unspecified atom stereocenters. The van der Waals surface area contributed by atoms with Crippen molar-refractivity contribution >= 4 is 9.90 Å². The van der Waals surface area contributed by atoms with Gasteiger partial charge in [-0.3, -0.25) is 0 Å². The Kier molecular flexibility index (Phi) is 97.6. The monoisotopic (exact) mass is 191 g/mol. The molecule has 0 amide bonds. The van der Waals surface area contributed by atoms with E-state index in [-0.39, 0.29) is 50.0 Å². The van der Waals surface area contributed by atoms with E-state index in [1.807, 2.05) is 0 Å². The first-order valence-corrected chi connectivity index (χ1v) is 1.00. The maximum Gasteiger partial charge on any atom is 0 e. The van der Waals surface area contributed by atoms with Crippen LogP contribution in [0.2, 0.25) is 0 Å². The molecule has 1 radical (unpaired) electrons. The smallest absolute Gasteiger partial charge is 0 e. The van der Waals surface area contributed by atoms with Crippen LogP contribution in [0.5, 0.6) is 0 Å². The normalized spacial score (nSPS) is 2.86. The minimum absolute atomic E-state index is 0. The summed E-state index contributed by atoms with van der Waals surface area (Å²) in [6.07, 6.45) is 2.56. The molecule has 7 heavy (non-hydrogen) atoms. The Morgan fingerprint density at radius 2 is 1.14 bits per heavy atom. The van der Waals surface area contributed by atoms with E-state index in [0.29, 0.717) is 0 Å². The molecule has 0 N–H and O–H groups in total. The van der Waals surface area contributed by atoms with Crippen molar-refractivity contribution in [1.29, 1.82) is 0 Å². The third-order valence-electron chi connectivity index (χ3n) is 0.111. The van der Waals surface area contributed by atoms with Crippen molar-refractivity contribution in [1.82, 2.24) is 0 Å². The fourth-order valence-electron chi connectivity index (χ4n) is 0. The molecule has 0 heterocycles. The van der Waals surface area contributed by atoms with Gasteiger partial charge in [0, 0.05) is 32.7 Å². The second kappa shape index (κ2) is 27.9. The Balaban J connectivity index is -0.0000000150. The largest absolute Gasteiger partial charge is 0.394 e. The van der Waals surface area contributed by atoms with Crippen LogP contribution in [0, 0.1) is 13.2 Å². The van der Waals surface area contributed by atoms with Crippen molar-refractivity contribution in [3.63, 3.8) is 0 Å². The van der Waals surface area contributed by atoms with Crippen molar-refractivity contribution in [2.24, 2.45) is 0 Å². The van der Waals surface area contributed by atoms with Crippen LogP contribution in [0.25, 0.3) is 0 Å². The van der Waals surface area contributed by atoms with Gasteiger partial charge in [0.05, 0.1) is 0 Å². The van der Waals surface area contributed by atoms with Crippen LogP contribution in [-0.2, 0) is 32.7 Å². The van der Waals surface area contributed by atoms with E-state index in [4.69, 9.17) is 13.2 Å². The molecule has 0 aliphatic rings. The standard InChI is InChI=1S/C4H4.CH4.H3P.Y/c1-3-4-2;;;/h1-4H;1H4;1H3;/q-2;;;. The zero-order valence-corrected chi connectivity index (χ0v) is 7.85. The molecular weight excluding hydrogens is 180 g/mol. The van der Waals surface area contributed by atoms with Crippen LogP contribution in [0.3, 0.4) is 0 Å². The summed E-state index contributed by atoms with van der Waals surface area (Å²) in [4.78, 5) is 0. The Morgan fingerprint density at radius 3 is 1.14 bits per heavy atom. The van der Waals surface area contributed by atoms with Crippen LogP contribution < -0.4 is 0 Å². The van der Waals surface area contributed by atoms with E-state index in [1.165, 1.54) is 12.2 Å². The second-order valence-electron chi connectivity index (χ2n) is 0.385. The van der Waals surface area contributed by atoms with Gasteiger partial charge in [0.15, 0.2) is 0 Å². The predicted molar refractivity (Wildman–Crippen MR) is 35.6 cm³/mol. The average molecular weight is 191 g/mol. The first-order chi connectivity index (χ1) is 1.91. The Bertz CT molecular complexity index is 29.1. The Morgan fingerprint density at radius 1 is 1.00 bits per heavy atom. The van der Waals surface area contributed by atoms with E-state index >= 15 is 0 Å². The molecule has 0 nitrogen and oxygen atoms in total. The van der Waals surface area contributed by atoms with Crippen molar-refractivity contribution in [2.75, 3.05) is 0 Å². The molecule has 0 aromatic carbocycles. The van der Waals surface area contributed by atoms with E-state index in [0.717, 1.165) is 0 Å². The molecule has 0 saturated carbocycles. The molecule has 0 spiro atoms. The Hall–Kier alpha value is 1.01. The molecule has 2 heteroatoms. The molecular formula is C5H11PY-2. The third-order valence-corrected chi connectivity index (χ3v) is 0.111. The molecule has 41 valence electrons. The van der Waals surface area contributed by atoms with E-state index < -0.39 is 0 Å². The van der Waals surface area contributed by atoms with Crippen molar-refractivity contribution in [3.8, 4) is 0 Å². The van der Waals surface area contributed by atoms with E-state index in [9.17, 15) is 0 Å². The summed E-state index contributed by atoms with van der Waals surface area (Å²) in [5.74, 6) is 0. The van der Waals surface area contributed by atoms with Crippen LogP contribution in [0.15, 0.2) is 12.2 Å². The topological polar surface area (TPSA) is 0 Å². The quantitative estimate of drug-likeness (QED) is 0.336. The van der Waals surface area contributed by atoms with Crippen LogP contribution in [0.4, 0.5) is 0 Å². The van der Waals surface area contributed by atoms with Gasteiger partial charge < -0.3 is 25.3 Å². The summed E-state index contributed by atoms with van der Waals surface area (Å²) < 4.78 is 0. The SMILES string of the molecule is C.P.[CH-]=CC=[CH-].[Y]. The number of hydrogen-bond donors (Lipinski definition) is 0. The van der Waals surface area contributed by atoms with E-state index in [1.54, 1.807) is 0 Å². The minimum Gasteiger partial charge on any atom is -0.394 e. The zero-order chi connectivity index (χ0) is 3.41. The summed E-state index contributed by atoms with van der Waals surface area (Å²) in [6.45, 7) is 9.44. The molecule has 0 rings (SSSR count). The molecule has 1 atom stereocenters. The van der Waals surface area contributed by atoms with Crippen LogP contribution >= 0.6 is 9.90 Å². The van der Waals surface area contributed by atoms with Gasteiger partial charge in [0.1, 0.15) is 0 Å². The maximum absolute atomic E-state index is 4.72. The molecule has 0 aromatic heterocycles. The second-order valence-corrected chi connectivity index (χ2v) is 0.385. The summed E-state index contributed by atoms with van der Waals surface area (Å²) >= 11 is 0. The predicted octanol–water partition coefficient (Wildman–Crippen LogP) is 1.66. The fourth-order valence-corrected chi connectivity index (χ4v) is 0. The van der Waals surface area contributed by atoms with Gasteiger partial charge in [-0.25, -0.2) is 0 Å². The van der Waals surface area contributed by atoms with Crippen LogP contribution in [0.1, 0.15) is 7.43 Å². The van der Waals surface area contributed by atoms with Gasteiger partial charge in [0.25, 0.3) is 0 Å². The van der Waals surface area contributed by atoms with Crippen LogP contribution in [-0.4, -0.2) is 0 Å². The third kappa shape index (κ3) is 43.5. The van der Waals surface area contributed by atoms with Crippen molar-refractivity contribution < 1.29 is 32.7 Å². The maximum atomic E-state index is 4.72. The van der Waals surface area contributed by atoms with Crippen molar-refractivity contribution in [2.45, 2.75) is 7.43 Å². The number of rotatable bonds is 1. The van der Waals surface area contributed by atoms with Gasteiger partial charge in [0.2, 0.25) is 0 Å². The average Bonchev–Trinajstić information content (AvgIpc) is 1.37. The molecule has 0 aromatic rings. The number of hydrogen-bond acceptors (Lipinski definition) is 0. The molecule has 0 aliphatic carbocycles. The summed E-state index contributed by atoms with van der Waals surface area (Å²) in [5.41, 5.74) is 0. The van der Waals surface area contributed by atoms with Gasteiger partial charge in [-0.05, 0) is 0 Å². The number of allylic oxidation sites excluding steroid dienone is 2. The Labute approximate surface area is 75.0 Å². The fraction of sp³-hybridized carbons (Fsp3) is 0.200. The van der Waals surface area contributed by atoms with Gasteiger partial charge in [-0.2, -0.15) is 9.90 Å². The summed E-state index contributed by atoms with van der Waals surface area (Å²) in [7, 11) is 0. The summed E-state index contributed by atoms with van der Waals surface area (Å²) in [6, 6.07) is 0. The molecule has 0 aliphatic heterocycles. The molecule has 0 fully saturated rings. The van der Waals surface area contributed by atoms with Crippen molar-refractivity contribution in [3.05, 3.63) is 25.3 Å². The van der Waals surface area contributed by atoms with Gasteiger partial charge in [-0.15, -0.1) is 0 Å². The minimum atomic E-state index is 0.